The average Bonchev–Trinajstić information content (AvgIpc) is 3.02. The molecule has 0 fully saturated rings. The number of nitrogens with two attached hydrogens (primary N) is 1. The number of aliphatic hydroxyl groups is 1. The molecule has 0 rings (SSSR count). The molecule has 45 heavy (non-hydrogen) atoms. The van der Waals surface area contributed by atoms with Crippen LogP contribution >= 0.6 is 7.82 Å². The summed E-state index contributed by atoms with van der Waals surface area (Å²) in [5.74, 6) is -0.161. The number of carbonyl (C=O) groups excluding carboxylic acids is 1. The van der Waals surface area contributed by atoms with E-state index in [2.05, 4.69) is 19.2 Å². The molecule has 270 valence electrons. The van der Waals surface area contributed by atoms with Gasteiger partial charge in [-0.15, -0.1) is 0 Å². The number of unbranched alkanes of at least 4 members (excludes halogenated alkanes) is 24. The first-order valence-electron chi connectivity index (χ1n) is 19.2. The van der Waals surface area contributed by atoms with Crippen molar-refractivity contribution >= 4 is 13.7 Å². The van der Waals surface area contributed by atoms with Crippen molar-refractivity contribution in [3.05, 3.63) is 0 Å². The van der Waals surface area contributed by atoms with Crippen molar-refractivity contribution in [3.63, 3.8) is 0 Å². The van der Waals surface area contributed by atoms with Gasteiger partial charge < -0.3 is 21.1 Å². The summed E-state index contributed by atoms with van der Waals surface area (Å²) in [5.41, 5.74) is 5.35. The molecule has 5 N–H and O–H groups in total. The number of amides is 1. The van der Waals surface area contributed by atoms with Crippen LogP contribution < -0.4 is 11.1 Å². The number of nitrogens with one attached hydrogen (secondary N) is 1. The topological polar surface area (TPSA) is 131 Å². The fourth-order valence-corrected chi connectivity index (χ4v) is 6.54. The van der Waals surface area contributed by atoms with E-state index in [-0.39, 0.29) is 25.7 Å². The van der Waals surface area contributed by atoms with Gasteiger partial charge in [0.1, 0.15) is 0 Å². The van der Waals surface area contributed by atoms with Gasteiger partial charge in [0.05, 0.1) is 25.4 Å². The third kappa shape index (κ3) is 31.8. The number of hydrogen-bond acceptors (Lipinski definition) is 6. The zero-order chi connectivity index (χ0) is 33.3. The maximum absolute atomic E-state index is 12.7. The number of rotatable bonds is 36. The quantitative estimate of drug-likeness (QED) is 0.0388. The van der Waals surface area contributed by atoms with Gasteiger partial charge in [-0.05, 0) is 12.8 Å². The van der Waals surface area contributed by atoms with Crippen molar-refractivity contribution in [2.45, 2.75) is 206 Å². The number of hydrogen-bond donors (Lipinski definition) is 4. The molecule has 0 aliphatic heterocycles. The highest BCUT2D eigenvalue weighted by Crippen LogP contribution is 2.43. The number of phosphoric ester groups is 1. The van der Waals surface area contributed by atoms with E-state index >= 15 is 0 Å². The van der Waals surface area contributed by atoms with E-state index in [1.54, 1.807) is 0 Å². The molecule has 8 nitrogen and oxygen atoms in total. The van der Waals surface area contributed by atoms with Crippen LogP contribution in [0.15, 0.2) is 0 Å². The van der Waals surface area contributed by atoms with E-state index in [0.717, 1.165) is 38.5 Å². The molecule has 3 unspecified atom stereocenters. The van der Waals surface area contributed by atoms with Crippen LogP contribution in [0.4, 0.5) is 0 Å². The van der Waals surface area contributed by atoms with Crippen molar-refractivity contribution in [1.82, 2.24) is 5.32 Å². The summed E-state index contributed by atoms with van der Waals surface area (Å²) in [6.45, 7) is 4.19. The summed E-state index contributed by atoms with van der Waals surface area (Å²) in [7, 11) is -4.30. The van der Waals surface area contributed by atoms with Gasteiger partial charge in [-0.2, -0.15) is 0 Å². The van der Waals surface area contributed by atoms with Crippen LogP contribution in [0.25, 0.3) is 0 Å². The lowest BCUT2D eigenvalue weighted by molar-refractivity contribution is -0.123. The second-order valence-corrected chi connectivity index (χ2v) is 14.6. The van der Waals surface area contributed by atoms with Gasteiger partial charge in [-0.1, -0.05) is 174 Å². The molecule has 0 radical (unpaired) electrons. The predicted octanol–water partition coefficient (Wildman–Crippen LogP) is 9.89. The van der Waals surface area contributed by atoms with E-state index < -0.39 is 20.0 Å². The minimum Gasteiger partial charge on any atom is -0.391 e. The van der Waals surface area contributed by atoms with Gasteiger partial charge in [-0.25, -0.2) is 4.57 Å². The summed E-state index contributed by atoms with van der Waals surface area (Å²) < 4.78 is 22.0. The Bertz CT molecular complexity index is 684. The summed E-state index contributed by atoms with van der Waals surface area (Å²) in [4.78, 5) is 22.6. The Morgan fingerprint density at radius 3 is 1.42 bits per heavy atom. The molecule has 0 saturated carbocycles. The van der Waals surface area contributed by atoms with Gasteiger partial charge in [0, 0.05) is 13.0 Å². The first kappa shape index (κ1) is 44.5. The van der Waals surface area contributed by atoms with Gasteiger partial charge in [0.2, 0.25) is 5.91 Å². The molecular weight excluding hydrogens is 587 g/mol. The van der Waals surface area contributed by atoms with E-state index in [4.69, 9.17) is 14.8 Å². The molecule has 0 aromatic heterocycles. The lowest BCUT2D eigenvalue weighted by Crippen LogP contribution is -2.46. The van der Waals surface area contributed by atoms with Crippen molar-refractivity contribution in [1.29, 1.82) is 0 Å². The average molecular weight is 663 g/mol. The molecule has 0 aliphatic carbocycles. The smallest absolute Gasteiger partial charge is 0.391 e. The normalized spacial score (nSPS) is 14.3. The van der Waals surface area contributed by atoms with Crippen molar-refractivity contribution in [3.8, 4) is 0 Å². The summed E-state index contributed by atoms with van der Waals surface area (Å²) >= 11 is 0. The molecule has 0 bridgehead atoms. The van der Waals surface area contributed by atoms with Gasteiger partial charge in [0.25, 0.3) is 0 Å². The minimum absolute atomic E-state index is 0.0919. The Morgan fingerprint density at radius 1 is 0.644 bits per heavy atom. The van der Waals surface area contributed by atoms with Crippen LogP contribution in [0.3, 0.4) is 0 Å². The predicted molar refractivity (Wildman–Crippen MR) is 189 cm³/mol. The van der Waals surface area contributed by atoms with Crippen molar-refractivity contribution < 1.29 is 28.4 Å². The van der Waals surface area contributed by atoms with Crippen LogP contribution in [0.1, 0.15) is 194 Å². The van der Waals surface area contributed by atoms with E-state index in [1.807, 2.05) is 0 Å². The largest absolute Gasteiger partial charge is 0.472 e. The summed E-state index contributed by atoms with van der Waals surface area (Å²) in [6, 6.07) is -0.765. The van der Waals surface area contributed by atoms with Crippen molar-refractivity contribution in [2.75, 3.05) is 19.8 Å². The van der Waals surface area contributed by atoms with E-state index in [1.165, 1.54) is 128 Å². The molecular formula is C36H75N2O6P. The molecule has 1 amide bonds. The second kappa shape index (κ2) is 33.4. The molecule has 0 aromatic carbocycles. The summed E-state index contributed by atoms with van der Waals surface area (Å²) in [6.07, 6.45) is 32.5. The molecule has 0 aliphatic rings. The summed E-state index contributed by atoms with van der Waals surface area (Å²) in [5, 5.41) is 13.7. The Morgan fingerprint density at radius 2 is 1.02 bits per heavy atom. The molecule has 0 spiro atoms. The number of aliphatic hydroxyl groups excluding tert-OH is 1. The maximum Gasteiger partial charge on any atom is 0.472 e. The van der Waals surface area contributed by atoms with Gasteiger partial charge in [-0.3, -0.25) is 13.8 Å². The Hall–Kier alpha value is -0.500. The lowest BCUT2D eigenvalue weighted by atomic mass is 10.0. The standard InChI is InChI=1S/C36H75N2O6P/c1-3-5-7-9-11-13-14-15-16-17-18-19-20-22-24-26-28-30-36(40)38-34(33-44-45(41,42)43-32-31-37)35(39)29-27-25-23-21-12-10-8-6-4-2/h34-35,39H,3-33,37H2,1-2H3,(H,38,40)(H,41,42). The number of carbonyl (C=O) groups is 1. The highest BCUT2D eigenvalue weighted by molar-refractivity contribution is 7.47. The minimum atomic E-state index is -4.30. The van der Waals surface area contributed by atoms with Crippen LogP contribution in [0, 0.1) is 0 Å². The van der Waals surface area contributed by atoms with Crippen molar-refractivity contribution in [2.24, 2.45) is 5.73 Å². The molecule has 0 heterocycles. The lowest BCUT2D eigenvalue weighted by Gasteiger charge is -2.25. The maximum atomic E-state index is 12.7. The van der Waals surface area contributed by atoms with Gasteiger partial charge in [0.15, 0.2) is 0 Å². The molecule has 9 heteroatoms. The van der Waals surface area contributed by atoms with Gasteiger partial charge >= 0.3 is 7.82 Å². The Balaban J connectivity index is 4.12. The highest BCUT2D eigenvalue weighted by atomic mass is 31.2. The number of phosphoric acid groups is 1. The SMILES string of the molecule is CCCCCCCCCCCCCCCCCCCC(=O)NC(COP(=O)(O)OCCN)C(O)CCCCCCCCCCC. The Kier molecular flexibility index (Phi) is 33.0. The van der Waals surface area contributed by atoms with Crippen LogP contribution in [0.5, 0.6) is 0 Å². The van der Waals surface area contributed by atoms with Crippen LogP contribution in [0.2, 0.25) is 0 Å². The van der Waals surface area contributed by atoms with Crippen LogP contribution in [-0.2, 0) is 18.4 Å². The van der Waals surface area contributed by atoms with E-state index in [9.17, 15) is 19.4 Å². The second-order valence-electron chi connectivity index (χ2n) is 13.2. The highest BCUT2D eigenvalue weighted by Gasteiger charge is 2.27. The Labute approximate surface area is 278 Å². The monoisotopic (exact) mass is 663 g/mol. The molecule has 0 aromatic rings. The third-order valence-electron chi connectivity index (χ3n) is 8.71. The first-order valence-corrected chi connectivity index (χ1v) is 20.6. The molecule has 0 saturated heterocycles. The third-order valence-corrected chi connectivity index (χ3v) is 9.70. The zero-order valence-corrected chi connectivity index (χ0v) is 30.5. The zero-order valence-electron chi connectivity index (χ0n) is 29.6. The first-order chi connectivity index (χ1) is 21.9. The molecule has 3 atom stereocenters. The fraction of sp³-hybridized carbons (Fsp3) is 0.972. The van der Waals surface area contributed by atoms with Crippen LogP contribution in [-0.4, -0.2) is 47.8 Å². The van der Waals surface area contributed by atoms with E-state index in [0.29, 0.717) is 12.8 Å². The fourth-order valence-electron chi connectivity index (χ4n) is 5.78.